The fourth-order valence-corrected chi connectivity index (χ4v) is 2.75. The van der Waals surface area contributed by atoms with Crippen LogP contribution in [-0.4, -0.2) is 34.8 Å². The number of nitriles is 1. The second-order valence-electron chi connectivity index (χ2n) is 6.27. The Balaban J connectivity index is 1.77. The van der Waals surface area contributed by atoms with Crippen LogP contribution >= 0.6 is 0 Å². The first-order valence-electron chi connectivity index (χ1n) is 9.15. The summed E-state index contributed by atoms with van der Waals surface area (Å²) in [6.07, 6.45) is 1.83. The number of carbonyl (C=O) groups is 2. The molecule has 29 heavy (non-hydrogen) atoms. The molecule has 0 aliphatic carbocycles. The fraction of sp³-hybridized carbons (Fsp3) is 0.182. The zero-order chi connectivity index (χ0) is 20.5. The molecule has 0 saturated heterocycles. The average molecular weight is 388 g/mol. The Labute approximate surface area is 168 Å². The van der Waals surface area contributed by atoms with Gasteiger partial charge in [0, 0.05) is 18.3 Å². The molecule has 7 nitrogen and oxygen atoms in total. The molecule has 3 aromatic rings. The van der Waals surface area contributed by atoms with Crippen molar-refractivity contribution < 1.29 is 14.3 Å². The molecule has 0 saturated carbocycles. The van der Waals surface area contributed by atoms with Crippen LogP contribution in [-0.2, 0) is 16.1 Å². The molecular formula is C22H20N4O3. The Hall–Kier alpha value is -3.92. The summed E-state index contributed by atoms with van der Waals surface area (Å²) in [6.45, 7) is 0.308. The molecule has 0 spiro atoms. The van der Waals surface area contributed by atoms with E-state index in [0.717, 1.165) is 11.1 Å². The third-order valence-corrected chi connectivity index (χ3v) is 4.11. The van der Waals surface area contributed by atoms with E-state index in [2.05, 4.69) is 10.4 Å². The smallest absolute Gasteiger partial charge is 0.342 e. The van der Waals surface area contributed by atoms with Gasteiger partial charge in [-0.3, -0.25) is 9.48 Å². The van der Waals surface area contributed by atoms with Gasteiger partial charge in [-0.15, -0.1) is 0 Å². The van der Waals surface area contributed by atoms with E-state index in [1.54, 1.807) is 10.9 Å². The molecule has 0 fully saturated rings. The second-order valence-corrected chi connectivity index (χ2v) is 6.27. The van der Waals surface area contributed by atoms with E-state index in [1.165, 1.54) is 0 Å². The maximum Gasteiger partial charge on any atom is 0.342 e. The van der Waals surface area contributed by atoms with Crippen molar-refractivity contribution in [2.24, 2.45) is 0 Å². The largest absolute Gasteiger partial charge is 0.452 e. The van der Waals surface area contributed by atoms with Crippen LogP contribution in [0.3, 0.4) is 0 Å². The third-order valence-electron chi connectivity index (χ3n) is 4.11. The summed E-state index contributed by atoms with van der Waals surface area (Å²) in [7, 11) is 0. The number of ether oxygens (including phenoxy) is 1. The van der Waals surface area contributed by atoms with E-state index < -0.39 is 18.5 Å². The number of rotatable bonds is 8. The Morgan fingerprint density at radius 2 is 1.76 bits per heavy atom. The number of nitrogens with one attached hydrogen (secondary N) is 1. The highest BCUT2D eigenvalue weighted by Crippen LogP contribution is 2.23. The lowest BCUT2D eigenvalue weighted by atomic mass is 10.1. The van der Waals surface area contributed by atoms with Crippen molar-refractivity contribution in [1.82, 2.24) is 15.1 Å². The summed E-state index contributed by atoms with van der Waals surface area (Å²) >= 11 is 0. The SMILES string of the molecule is N#CCCNC(=O)COC(=O)c1cn(Cc2ccccc2)nc1-c1ccccc1. The molecular weight excluding hydrogens is 368 g/mol. The van der Waals surface area contributed by atoms with E-state index >= 15 is 0 Å². The maximum atomic E-state index is 12.6. The number of nitrogens with zero attached hydrogens (tertiary/aromatic N) is 3. The van der Waals surface area contributed by atoms with Gasteiger partial charge in [-0.25, -0.2) is 4.79 Å². The van der Waals surface area contributed by atoms with Crippen molar-refractivity contribution in [2.45, 2.75) is 13.0 Å². The van der Waals surface area contributed by atoms with Crippen LogP contribution in [0.5, 0.6) is 0 Å². The average Bonchev–Trinajstić information content (AvgIpc) is 3.17. The molecule has 1 amide bonds. The van der Waals surface area contributed by atoms with Crippen LogP contribution in [0.4, 0.5) is 0 Å². The Bertz CT molecular complexity index is 1010. The van der Waals surface area contributed by atoms with Crippen molar-refractivity contribution in [3.8, 4) is 17.3 Å². The summed E-state index contributed by atoms with van der Waals surface area (Å²) in [5.74, 6) is -1.08. The summed E-state index contributed by atoms with van der Waals surface area (Å²) in [4.78, 5) is 24.4. The van der Waals surface area contributed by atoms with Crippen molar-refractivity contribution in [3.63, 3.8) is 0 Å². The predicted octanol–water partition coefficient (Wildman–Crippen LogP) is 2.79. The lowest BCUT2D eigenvalue weighted by Crippen LogP contribution is -2.29. The van der Waals surface area contributed by atoms with Gasteiger partial charge in [-0.1, -0.05) is 60.7 Å². The molecule has 1 N–H and O–H groups in total. The number of amides is 1. The van der Waals surface area contributed by atoms with Crippen molar-refractivity contribution in [2.75, 3.05) is 13.2 Å². The van der Waals surface area contributed by atoms with Crippen LogP contribution in [0, 0.1) is 11.3 Å². The highest BCUT2D eigenvalue weighted by molar-refractivity contribution is 5.97. The minimum absolute atomic E-state index is 0.199. The van der Waals surface area contributed by atoms with Crippen LogP contribution in [0.1, 0.15) is 22.3 Å². The zero-order valence-corrected chi connectivity index (χ0v) is 15.7. The Morgan fingerprint density at radius 3 is 2.45 bits per heavy atom. The van der Waals surface area contributed by atoms with Crippen LogP contribution in [0.2, 0.25) is 0 Å². The van der Waals surface area contributed by atoms with Gasteiger partial charge in [-0.2, -0.15) is 10.4 Å². The van der Waals surface area contributed by atoms with E-state index in [4.69, 9.17) is 10.00 Å². The van der Waals surface area contributed by atoms with Crippen LogP contribution in [0.15, 0.2) is 66.9 Å². The first-order chi connectivity index (χ1) is 14.2. The predicted molar refractivity (Wildman–Crippen MR) is 107 cm³/mol. The molecule has 0 atom stereocenters. The van der Waals surface area contributed by atoms with Gasteiger partial charge >= 0.3 is 5.97 Å². The number of aromatic nitrogens is 2. The fourth-order valence-electron chi connectivity index (χ4n) is 2.75. The molecule has 0 radical (unpaired) electrons. The molecule has 3 rings (SSSR count). The highest BCUT2D eigenvalue weighted by Gasteiger charge is 2.20. The van der Waals surface area contributed by atoms with Gasteiger partial charge in [0.1, 0.15) is 11.3 Å². The van der Waals surface area contributed by atoms with Gasteiger partial charge in [0.2, 0.25) is 0 Å². The van der Waals surface area contributed by atoms with Crippen molar-refractivity contribution in [3.05, 3.63) is 78.0 Å². The van der Waals surface area contributed by atoms with Gasteiger partial charge in [0.15, 0.2) is 6.61 Å². The first kappa shape index (κ1) is 19.8. The summed E-state index contributed by atoms with van der Waals surface area (Å²) in [6, 6.07) is 21.0. The lowest BCUT2D eigenvalue weighted by Gasteiger charge is -2.05. The topological polar surface area (TPSA) is 97.0 Å². The molecule has 146 valence electrons. The number of esters is 1. The second kappa shape index (κ2) is 9.85. The van der Waals surface area contributed by atoms with Crippen LogP contribution in [0.25, 0.3) is 11.3 Å². The number of hydrogen-bond acceptors (Lipinski definition) is 5. The highest BCUT2D eigenvalue weighted by atomic mass is 16.5. The molecule has 0 bridgehead atoms. The third kappa shape index (κ3) is 5.53. The van der Waals surface area contributed by atoms with E-state index in [1.807, 2.05) is 66.7 Å². The number of benzene rings is 2. The van der Waals surface area contributed by atoms with Crippen molar-refractivity contribution >= 4 is 11.9 Å². The summed E-state index contributed by atoms with van der Waals surface area (Å²) in [5.41, 5.74) is 2.62. The standard InChI is InChI=1S/C22H20N4O3/c23-12-7-13-24-20(27)16-29-22(28)19-15-26(14-17-8-3-1-4-9-17)25-21(19)18-10-5-2-6-11-18/h1-6,8-11,15H,7,13-14,16H2,(H,24,27). The molecule has 7 heteroatoms. The van der Waals surface area contributed by atoms with Crippen molar-refractivity contribution in [1.29, 1.82) is 5.26 Å². The van der Waals surface area contributed by atoms with Crippen LogP contribution < -0.4 is 5.32 Å². The molecule has 0 aliphatic heterocycles. The van der Waals surface area contributed by atoms with E-state index in [9.17, 15) is 9.59 Å². The zero-order valence-electron chi connectivity index (χ0n) is 15.7. The quantitative estimate of drug-likeness (QED) is 0.473. The Morgan fingerprint density at radius 1 is 1.07 bits per heavy atom. The maximum absolute atomic E-state index is 12.6. The number of carbonyl (C=O) groups excluding carboxylic acids is 2. The molecule has 0 unspecified atom stereocenters. The monoisotopic (exact) mass is 388 g/mol. The Kier molecular flexibility index (Phi) is 6.74. The molecule has 1 aromatic heterocycles. The minimum atomic E-state index is -0.626. The van der Waals surface area contributed by atoms with E-state index in [0.29, 0.717) is 12.2 Å². The number of hydrogen-bond donors (Lipinski definition) is 1. The summed E-state index contributed by atoms with van der Waals surface area (Å²) < 4.78 is 6.84. The van der Waals surface area contributed by atoms with Gasteiger partial charge < -0.3 is 10.1 Å². The lowest BCUT2D eigenvalue weighted by molar-refractivity contribution is -0.124. The molecule has 1 heterocycles. The first-order valence-corrected chi connectivity index (χ1v) is 9.15. The molecule has 2 aromatic carbocycles. The van der Waals surface area contributed by atoms with Gasteiger partial charge in [-0.05, 0) is 5.56 Å². The molecule has 0 aliphatic rings. The summed E-state index contributed by atoms with van der Waals surface area (Å²) in [5, 5.41) is 15.6. The van der Waals surface area contributed by atoms with Gasteiger partial charge in [0.05, 0.1) is 19.0 Å². The minimum Gasteiger partial charge on any atom is -0.452 e. The van der Waals surface area contributed by atoms with Gasteiger partial charge in [0.25, 0.3) is 5.91 Å². The normalized spacial score (nSPS) is 10.2. The van der Waals surface area contributed by atoms with E-state index in [-0.39, 0.29) is 18.5 Å².